The summed E-state index contributed by atoms with van der Waals surface area (Å²) in [6, 6.07) is 13.6. The normalized spacial score (nSPS) is 28.4. The van der Waals surface area contributed by atoms with E-state index in [1.165, 1.54) is 0 Å². The van der Waals surface area contributed by atoms with Crippen molar-refractivity contribution < 1.29 is 9.59 Å². The van der Waals surface area contributed by atoms with Gasteiger partial charge in [-0.3, -0.25) is 14.5 Å². The molecular weight excluding hydrogens is 453 g/mol. The molecule has 0 N–H and O–H groups in total. The van der Waals surface area contributed by atoms with Crippen LogP contribution in [0.25, 0.3) is 0 Å². The predicted molar refractivity (Wildman–Crippen MR) is 124 cm³/mol. The monoisotopic (exact) mass is 475 g/mol. The van der Waals surface area contributed by atoms with Gasteiger partial charge in [0.1, 0.15) is 0 Å². The number of carbonyl (C=O) groups excluding carboxylic acids is 2. The molecule has 2 aromatic carbocycles. The summed E-state index contributed by atoms with van der Waals surface area (Å²) >= 11 is 18.9. The Labute approximate surface area is 197 Å². The van der Waals surface area contributed by atoms with Crippen molar-refractivity contribution in [1.82, 2.24) is 4.90 Å². The molecule has 4 atom stereocenters. The summed E-state index contributed by atoms with van der Waals surface area (Å²) in [6.07, 6.45) is 4.50. The molecule has 2 aliphatic carbocycles. The van der Waals surface area contributed by atoms with E-state index < -0.39 is 0 Å². The Balaban J connectivity index is 1.53. The van der Waals surface area contributed by atoms with Gasteiger partial charge in [0, 0.05) is 33.4 Å². The van der Waals surface area contributed by atoms with Crippen LogP contribution < -0.4 is 0 Å². The number of likely N-dealkylation sites (tertiary alicyclic amines) is 1. The third-order valence-corrected chi connectivity index (χ3v) is 8.33. The van der Waals surface area contributed by atoms with Gasteiger partial charge in [0.25, 0.3) is 0 Å². The van der Waals surface area contributed by atoms with Crippen LogP contribution in [0.2, 0.25) is 15.1 Å². The molecule has 2 aromatic rings. The zero-order valence-corrected chi connectivity index (χ0v) is 19.3. The Bertz CT molecular complexity index is 1020. The lowest BCUT2D eigenvalue weighted by Gasteiger charge is -2.40. The van der Waals surface area contributed by atoms with E-state index in [4.69, 9.17) is 34.8 Å². The molecule has 31 heavy (non-hydrogen) atoms. The molecule has 5 rings (SSSR count). The van der Waals surface area contributed by atoms with Crippen molar-refractivity contribution in [2.24, 2.45) is 17.8 Å². The van der Waals surface area contributed by atoms with E-state index >= 15 is 0 Å². The van der Waals surface area contributed by atoms with Gasteiger partial charge >= 0.3 is 0 Å². The first kappa shape index (κ1) is 21.3. The molecule has 2 saturated carbocycles. The molecule has 1 heterocycles. The average Bonchev–Trinajstić information content (AvgIpc) is 3.04. The number of fused-ring (bicyclic) bond motifs is 1. The smallest absolute Gasteiger partial charge is 0.232 e. The van der Waals surface area contributed by atoms with E-state index in [0.717, 1.165) is 43.2 Å². The van der Waals surface area contributed by atoms with E-state index in [0.29, 0.717) is 21.6 Å². The van der Waals surface area contributed by atoms with Gasteiger partial charge in [-0.05, 0) is 78.8 Å². The summed E-state index contributed by atoms with van der Waals surface area (Å²) in [5.41, 5.74) is 2.20. The second kappa shape index (κ2) is 8.42. The number of halogens is 3. The maximum Gasteiger partial charge on any atom is 0.232 e. The fourth-order valence-electron chi connectivity index (χ4n) is 5.74. The standard InChI is InChI=1S/C25H24Cl3NO2/c26-16-6-4-14(5-7-16)23-19(18-9-8-17(27)12-22(18)28)10-11-20-21(23)13-29(25(20)31)24(30)15-2-1-3-15/h4-9,12,15,19-21,23H,1-3,10-11,13H2. The van der Waals surface area contributed by atoms with E-state index in [1.54, 1.807) is 11.0 Å². The van der Waals surface area contributed by atoms with Crippen molar-refractivity contribution in [2.45, 2.75) is 43.9 Å². The maximum absolute atomic E-state index is 13.3. The molecule has 1 saturated heterocycles. The van der Waals surface area contributed by atoms with Crippen LogP contribution in [0.15, 0.2) is 42.5 Å². The molecule has 2 amide bonds. The Morgan fingerprint density at radius 1 is 0.871 bits per heavy atom. The molecule has 0 aromatic heterocycles. The Morgan fingerprint density at radius 3 is 2.19 bits per heavy atom. The van der Waals surface area contributed by atoms with Gasteiger partial charge < -0.3 is 0 Å². The van der Waals surface area contributed by atoms with Crippen molar-refractivity contribution >= 4 is 46.6 Å². The lowest BCUT2D eigenvalue weighted by molar-refractivity contribution is -0.147. The Hall–Kier alpha value is -1.55. The van der Waals surface area contributed by atoms with Crippen molar-refractivity contribution in [3.8, 4) is 0 Å². The van der Waals surface area contributed by atoms with Crippen LogP contribution in [0.5, 0.6) is 0 Å². The number of hydrogen-bond acceptors (Lipinski definition) is 2. The first-order chi connectivity index (χ1) is 14.9. The van der Waals surface area contributed by atoms with Gasteiger partial charge in [-0.1, -0.05) is 59.4 Å². The van der Waals surface area contributed by atoms with E-state index in [1.807, 2.05) is 36.4 Å². The van der Waals surface area contributed by atoms with E-state index in [2.05, 4.69) is 0 Å². The summed E-state index contributed by atoms with van der Waals surface area (Å²) < 4.78 is 0. The molecule has 0 spiro atoms. The second-order valence-corrected chi connectivity index (χ2v) is 10.4. The molecule has 162 valence electrons. The van der Waals surface area contributed by atoms with Crippen LogP contribution in [0.3, 0.4) is 0 Å². The van der Waals surface area contributed by atoms with Crippen LogP contribution in [0.1, 0.15) is 55.1 Å². The fraction of sp³-hybridized carbons (Fsp3) is 0.440. The van der Waals surface area contributed by atoms with Crippen molar-refractivity contribution in [3.63, 3.8) is 0 Å². The second-order valence-electron chi connectivity index (χ2n) is 9.11. The topological polar surface area (TPSA) is 37.4 Å². The number of nitrogens with zero attached hydrogens (tertiary/aromatic N) is 1. The average molecular weight is 477 g/mol. The predicted octanol–water partition coefficient (Wildman–Crippen LogP) is 6.71. The quantitative estimate of drug-likeness (QED) is 0.462. The summed E-state index contributed by atoms with van der Waals surface area (Å²) in [7, 11) is 0. The first-order valence-corrected chi connectivity index (χ1v) is 12.1. The minimum Gasteiger partial charge on any atom is -0.282 e. The highest BCUT2D eigenvalue weighted by Crippen LogP contribution is 2.54. The molecule has 4 unspecified atom stereocenters. The van der Waals surface area contributed by atoms with Crippen LogP contribution in [-0.4, -0.2) is 23.3 Å². The number of carbonyl (C=O) groups is 2. The number of rotatable bonds is 3. The lowest BCUT2D eigenvalue weighted by Crippen LogP contribution is -2.40. The summed E-state index contributed by atoms with van der Waals surface area (Å²) in [5.74, 6) is 0.259. The minimum absolute atomic E-state index is 0.0153. The van der Waals surface area contributed by atoms with Gasteiger partial charge in [-0.15, -0.1) is 0 Å². The molecular formula is C25H24Cl3NO2. The van der Waals surface area contributed by atoms with Crippen LogP contribution in [0.4, 0.5) is 0 Å². The van der Waals surface area contributed by atoms with Gasteiger partial charge in [0.2, 0.25) is 11.8 Å². The highest BCUT2D eigenvalue weighted by molar-refractivity contribution is 6.35. The van der Waals surface area contributed by atoms with Crippen molar-refractivity contribution in [2.75, 3.05) is 6.54 Å². The van der Waals surface area contributed by atoms with Crippen molar-refractivity contribution in [1.29, 1.82) is 0 Å². The third kappa shape index (κ3) is 3.79. The van der Waals surface area contributed by atoms with Gasteiger partial charge in [-0.25, -0.2) is 0 Å². The van der Waals surface area contributed by atoms with Gasteiger partial charge in [0.15, 0.2) is 0 Å². The molecule has 6 heteroatoms. The molecule has 0 radical (unpaired) electrons. The zero-order chi connectivity index (χ0) is 21.7. The molecule has 3 nitrogen and oxygen atoms in total. The van der Waals surface area contributed by atoms with Gasteiger partial charge in [-0.2, -0.15) is 0 Å². The van der Waals surface area contributed by atoms with Gasteiger partial charge in [0.05, 0.1) is 0 Å². The largest absolute Gasteiger partial charge is 0.282 e. The fourth-order valence-corrected chi connectivity index (χ4v) is 6.41. The van der Waals surface area contributed by atoms with Crippen LogP contribution in [-0.2, 0) is 9.59 Å². The van der Waals surface area contributed by atoms with E-state index in [9.17, 15) is 9.59 Å². The lowest BCUT2D eigenvalue weighted by atomic mass is 9.63. The van der Waals surface area contributed by atoms with E-state index in [-0.39, 0.29) is 41.4 Å². The number of benzene rings is 2. The third-order valence-electron chi connectivity index (χ3n) is 7.51. The molecule has 3 fully saturated rings. The summed E-state index contributed by atoms with van der Waals surface area (Å²) in [5, 5.41) is 1.95. The maximum atomic E-state index is 13.3. The summed E-state index contributed by atoms with van der Waals surface area (Å²) in [4.78, 5) is 27.8. The SMILES string of the molecule is O=C(C1CCC1)N1CC2C(CCC(c3ccc(Cl)cc3Cl)C2c2ccc(Cl)cc2)C1=O. The summed E-state index contributed by atoms with van der Waals surface area (Å²) in [6.45, 7) is 0.494. The van der Waals surface area contributed by atoms with Crippen LogP contribution in [0, 0.1) is 17.8 Å². The first-order valence-electron chi connectivity index (χ1n) is 11.0. The minimum atomic E-state index is -0.118. The van der Waals surface area contributed by atoms with Crippen LogP contribution >= 0.6 is 34.8 Å². The van der Waals surface area contributed by atoms with Crippen molar-refractivity contribution in [3.05, 3.63) is 68.7 Å². The number of hydrogen-bond donors (Lipinski definition) is 0. The molecule has 1 aliphatic heterocycles. The molecule has 0 bridgehead atoms. The number of imide groups is 1. The Morgan fingerprint density at radius 2 is 1.55 bits per heavy atom. The highest BCUT2D eigenvalue weighted by Gasteiger charge is 2.52. The highest BCUT2D eigenvalue weighted by atomic mass is 35.5. The number of amides is 2. The Kier molecular flexibility index (Phi) is 5.79. The molecule has 3 aliphatic rings. The zero-order valence-electron chi connectivity index (χ0n) is 17.1.